The van der Waals surface area contributed by atoms with Crippen molar-refractivity contribution >= 4 is 33.2 Å². The molecule has 8 heteroatoms. The molecule has 3 rings (SSSR count). The summed E-state index contributed by atoms with van der Waals surface area (Å²) in [5.41, 5.74) is 2.31. The second-order valence-corrected chi connectivity index (χ2v) is 8.59. The minimum Gasteiger partial charge on any atom is -0.449 e. The van der Waals surface area contributed by atoms with Crippen molar-refractivity contribution < 1.29 is 23.1 Å². The normalized spacial score (nSPS) is 11.2. The van der Waals surface area contributed by atoms with E-state index in [2.05, 4.69) is 4.72 Å². The number of benzene rings is 2. The standard InChI is InChI=1S/C19H17NO5S2/c1-12-8-9-13(2)17(10-12)27(23,24)20-15-11-16(14-6-4-3-5-7-14)26-18(15)25-19(21)22/h3-11,20H,1-2H3,(H,21,22). The lowest BCUT2D eigenvalue weighted by Crippen LogP contribution is -2.15. The van der Waals surface area contributed by atoms with Crippen molar-refractivity contribution in [1.29, 1.82) is 0 Å². The van der Waals surface area contributed by atoms with Gasteiger partial charge in [0.15, 0.2) is 0 Å². The highest BCUT2D eigenvalue weighted by atomic mass is 32.2. The first-order chi connectivity index (χ1) is 12.8. The highest BCUT2D eigenvalue weighted by Gasteiger charge is 2.22. The van der Waals surface area contributed by atoms with Gasteiger partial charge in [0.1, 0.15) is 5.69 Å². The van der Waals surface area contributed by atoms with Crippen molar-refractivity contribution in [2.24, 2.45) is 0 Å². The quantitative estimate of drug-likeness (QED) is 0.592. The molecular weight excluding hydrogens is 386 g/mol. The van der Waals surface area contributed by atoms with Crippen molar-refractivity contribution in [3.8, 4) is 15.5 Å². The molecule has 2 aromatic carbocycles. The average molecular weight is 403 g/mol. The summed E-state index contributed by atoms with van der Waals surface area (Å²) in [6.07, 6.45) is -1.51. The summed E-state index contributed by atoms with van der Waals surface area (Å²) in [5, 5.41) is 8.94. The fourth-order valence-electron chi connectivity index (χ4n) is 2.54. The van der Waals surface area contributed by atoms with Crippen molar-refractivity contribution in [3.63, 3.8) is 0 Å². The third-order valence-electron chi connectivity index (χ3n) is 3.81. The van der Waals surface area contributed by atoms with Gasteiger partial charge in [0.2, 0.25) is 5.06 Å². The lowest BCUT2D eigenvalue weighted by atomic mass is 10.2. The van der Waals surface area contributed by atoms with Crippen molar-refractivity contribution in [2.75, 3.05) is 4.72 Å². The maximum atomic E-state index is 12.8. The van der Waals surface area contributed by atoms with Gasteiger partial charge in [-0.25, -0.2) is 13.2 Å². The number of thiophene rings is 1. The van der Waals surface area contributed by atoms with E-state index in [1.807, 2.05) is 36.4 Å². The fraction of sp³-hybridized carbons (Fsp3) is 0.105. The van der Waals surface area contributed by atoms with Crippen molar-refractivity contribution in [2.45, 2.75) is 18.7 Å². The van der Waals surface area contributed by atoms with E-state index in [-0.39, 0.29) is 15.6 Å². The zero-order chi connectivity index (χ0) is 19.6. The Balaban J connectivity index is 2.03. The molecule has 27 heavy (non-hydrogen) atoms. The van der Waals surface area contributed by atoms with Crippen LogP contribution in [0.2, 0.25) is 0 Å². The molecular formula is C19H17NO5S2. The predicted octanol–water partition coefficient (Wildman–Crippen LogP) is 4.89. The molecule has 0 aliphatic heterocycles. The Bertz CT molecular complexity index is 1090. The van der Waals surface area contributed by atoms with Gasteiger partial charge in [-0.15, -0.1) is 0 Å². The van der Waals surface area contributed by atoms with Crippen LogP contribution < -0.4 is 9.46 Å². The van der Waals surface area contributed by atoms with E-state index in [1.54, 1.807) is 32.0 Å². The average Bonchev–Trinajstić information content (AvgIpc) is 2.99. The maximum Gasteiger partial charge on any atom is 0.512 e. The Labute approximate surface area is 161 Å². The largest absolute Gasteiger partial charge is 0.512 e. The Hall–Kier alpha value is -2.84. The van der Waals surface area contributed by atoms with Crippen LogP contribution >= 0.6 is 11.3 Å². The molecule has 3 aromatic rings. The van der Waals surface area contributed by atoms with Crippen LogP contribution in [0.15, 0.2) is 59.5 Å². The number of ether oxygens (including phenoxy) is 1. The van der Waals surface area contributed by atoms with Gasteiger partial charge in [-0.05, 0) is 42.7 Å². The van der Waals surface area contributed by atoms with Crippen LogP contribution in [-0.2, 0) is 10.0 Å². The van der Waals surface area contributed by atoms with E-state index in [0.717, 1.165) is 22.5 Å². The molecule has 140 valence electrons. The summed E-state index contributed by atoms with van der Waals surface area (Å²) in [4.78, 5) is 11.8. The molecule has 0 spiro atoms. The number of carbonyl (C=O) groups is 1. The van der Waals surface area contributed by atoms with Gasteiger partial charge >= 0.3 is 6.16 Å². The Morgan fingerprint density at radius 2 is 1.78 bits per heavy atom. The topological polar surface area (TPSA) is 92.7 Å². The SMILES string of the molecule is Cc1ccc(C)c(S(=O)(=O)Nc2cc(-c3ccccc3)sc2OC(=O)O)c1. The first kappa shape index (κ1) is 18.9. The molecule has 1 heterocycles. The molecule has 0 saturated heterocycles. The van der Waals surface area contributed by atoms with E-state index in [1.165, 1.54) is 0 Å². The van der Waals surface area contributed by atoms with Crippen LogP contribution in [0.4, 0.5) is 10.5 Å². The number of sulfonamides is 1. The number of aryl methyl sites for hydroxylation is 2. The molecule has 0 fully saturated rings. The minimum absolute atomic E-state index is 0.0322. The first-order valence-electron chi connectivity index (χ1n) is 7.96. The van der Waals surface area contributed by atoms with Gasteiger partial charge in [0.05, 0.1) is 4.90 Å². The molecule has 0 radical (unpaired) electrons. The van der Waals surface area contributed by atoms with Crippen LogP contribution in [0, 0.1) is 13.8 Å². The molecule has 0 saturated carbocycles. The molecule has 0 aliphatic rings. The molecule has 0 amide bonds. The Morgan fingerprint density at radius 1 is 1.07 bits per heavy atom. The van der Waals surface area contributed by atoms with Gasteiger partial charge < -0.3 is 9.84 Å². The molecule has 1 aromatic heterocycles. The molecule has 0 aliphatic carbocycles. The van der Waals surface area contributed by atoms with Crippen LogP contribution in [0.3, 0.4) is 0 Å². The zero-order valence-electron chi connectivity index (χ0n) is 14.6. The van der Waals surface area contributed by atoms with Gasteiger partial charge in [0.25, 0.3) is 10.0 Å². The molecule has 0 unspecified atom stereocenters. The van der Waals surface area contributed by atoms with E-state index in [0.29, 0.717) is 10.4 Å². The monoisotopic (exact) mass is 403 g/mol. The summed E-state index contributed by atoms with van der Waals surface area (Å²) in [7, 11) is -3.91. The molecule has 0 atom stereocenters. The lowest BCUT2D eigenvalue weighted by molar-refractivity contribution is 0.146. The third kappa shape index (κ3) is 4.29. The Kier molecular flexibility index (Phi) is 5.20. The van der Waals surface area contributed by atoms with E-state index in [9.17, 15) is 13.2 Å². The van der Waals surface area contributed by atoms with Crippen LogP contribution in [0.1, 0.15) is 11.1 Å². The second-order valence-electron chi connectivity index (χ2n) is 5.92. The number of hydrogen-bond donors (Lipinski definition) is 2. The Morgan fingerprint density at radius 3 is 2.44 bits per heavy atom. The van der Waals surface area contributed by atoms with E-state index < -0.39 is 16.2 Å². The van der Waals surface area contributed by atoms with Crippen LogP contribution in [0.25, 0.3) is 10.4 Å². The smallest absolute Gasteiger partial charge is 0.449 e. The van der Waals surface area contributed by atoms with Crippen LogP contribution in [-0.4, -0.2) is 19.7 Å². The van der Waals surface area contributed by atoms with Gasteiger partial charge in [-0.1, -0.05) is 53.8 Å². The summed E-state index contributed by atoms with van der Waals surface area (Å²) in [6.45, 7) is 3.50. The van der Waals surface area contributed by atoms with Gasteiger partial charge in [-0.3, -0.25) is 4.72 Å². The second kappa shape index (κ2) is 7.42. The van der Waals surface area contributed by atoms with Crippen LogP contribution in [0.5, 0.6) is 5.06 Å². The minimum atomic E-state index is -3.91. The van der Waals surface area contributed by atoms with Crippen molar-refractivity contribution in [3.05, 3.63) is 65.7 Å². The summed E-state index contributed by atoms with van der Waals surface area (Å²) in [5.74, 6) is 0. The van der Waals surface area contributed by atoms with E-state index >= 15 is 0 Å². The third-order valence-corrected chi connectivity index (χ3v) is 6.38. The maximum absolute atomic E-state index is 12.8. The van der Waals surface area contributed by atoms with Gasteiger partial charge in [-0.2, -0.15) is 0 Å². The number of rotatable bonds is 5. The zero-order valence-corrected chi connectivity index (χ0v) is 16.2. The van der Waals surface area contributed by atoms with Crippen molar-refractivity contribution in [1.82, 2.24) is 0 Å². The highest BCUT2D eigenvalue weighted by molar-refractivity contribution is 7.92. The summed E-state index contributed by atoms with van der Waals surface area (Å²) < 4.78 is 33.0. The lowest BCUT2D eigenvalue weighted by Gasteiger charge is -2.11. The molecule has 0 bridgehead atoms. The highest BCUT2D eigenvalue weighted by Crippen LogP contribution is 2.42. The summed E-state index contributed by atoms with van der Waals surface area (Å²) in [6, 6.07) is 15.9. The number of carboxylic acid groups (broad SMARTS) is 1. The number of hydrogen-bond acceptors (Lipinski definition) is 5. The summed E-state index contributed by atoms with van der Waals surface area (Å²) >= 11 is 1.05. The number of nitrogens with one attached hydrogen (secondary N) is 1. The number of anilines is 1. The fourth-order valence-corrected chi connectivity index (χ4v) is 4.95. The molecule has 6 nitrogen and oxygen atoms in total. The predicted molar refractivity (Wildman–Crippen MR) is 105 cm³/mol. The van der Waals surface area contributed by atoms with E-state index in [4.69, 9.17) is 9.84 Å². The first-order valence-corrected chi connectivity index (χ1v) is 10.3. The molecule has 2 N–H and O–H groups in total. The van der Waals surface area contributed by atoms with Gasteiger partial charge in [0, 0.05) is 4.88 Å².